The SMILES string of the molecule is CCN(CC1CC1)C(N)=NC(C)(C)C. The minimum atomic E-state index is -0.0684. The lowest BCUT2D eigenvalue weighted by molar-refractivity contribution is 0.406. The molecule has 0 saturated heterocycles. The van der Waals surface area contributed by atoms with Crippen molar-refractivity contribution >= 4 is 5.96 Å². The second-order valence-electron chi connectivity index (χ2n) is 5.12. The van der Waals surface area contributed by atoms with Crippen LogP contribution in [0.3, 0.4) is 0 Å². The van der Waals surface area contributed by atoms with Gasteiger partial charge in [0.25, 0.3) is 0 Å². The minimum absolute atomic E-state index is 0.0684. The summed E-state index contributed by atoms with van der Waals surface area (Å²) >= 11 is 0. The van der Waals surface area contributed by atoms with Gasteiger partial charge in [0, 0.05) is 13.1 Å². The summed E-state index contributed by atoms with van der Waals surface area (Å²) in [6.45, 7) is 10.4. The highest BCUT2D eigenvalue weighted by Gasteiger charge is 2.24. The van der Waals surface area contributed by atoms with Gasteiger partial charge in [0.05, 0.1) is 5.54 Å². The maximum Gasteiger partial charge on any atom is 0.191 e. The third-order valence-electron chi connectivity index (χ3n) is 2.33. The molecule has 3 nitrogen and oxygen atoms in total. The van der Waals surface area contributed by atoms with Crippen molar-refractivity contribution in [1.29, 1.82) is 0 Å². The van der Waals surface area contributed by atoms with Crippen molar-refractivity contribution in [1.82, 2.24) is 4.90 Å². The summed E-state index contributed by atoms with van der Waals surface area (Å²) in [4.78, 5) is 6.67. The molecule has 0 unspecified atom stereocenters. The van der Waals surface area contributed by atoms with Crippen LogP contribution in [-0.2, 0) is 0 Å². The van der Waals surface area contributed by atoms with Crippen molar-refractivity contribution in [2.45, 2.75) is 46.1 Å². The van der Waals surface area contributed by atoms with Gasteiger partial charge in [-0.25, -0.2) is 4.99 Å². The van der Waals surface area contributed by atoms with E-state index in [4.69, 9.17) is 5.73 Å². The van der Waals surface area contributed by atoms with Crippen LogP contribution in [0.2, 0.25) is 0 Å². The summed E-state index contributed by atoms with van der Waals surface area (Å²) in [5.41, 5.74) is 5.90. The molecule has 0 amide bonds. The zero-order chi connectivity index (χ0) is 10.8. The van der Waals surface area contributed by atoms with Crippen LogP contribution in [0.15, 0.2) is 4.99 Å². The van der Waals surface area contributed by atoms with Gasteiger partial charge in [-0.2, -0.15) is 0 Å². The fourth-order valence-electron chi connectivity index (χ4n) is 1.41. The molecule has 0 atom stereocenters. The van der Waals surface area contributed by atoms with Crippen LogP contribution in [0, 0.1) is 5.92 Å². The van der Waals surface area contributed by atoms with E-state index in [2.05, 4.69) is 37.6 Å². The highest BCUT2D eigenvalue weighted by atomic mass is 15.3. The highest BCUT2D eigenvalue weighted by Crippen LogP contribution is 2.29. The maximum absolute atomic E-state index is 5.97. The number of hydrogen-bond acceptors (Lipinski definition) is 1. The fourth-order valence-corrected chi connectivity index (χ4v) is 1.41. The predicted octanol–water partition coefficient (Wildman–Crippen LogP) is 1.83. The fraction of sp³-hybridized carbons (Fsp3) is 0.909. The van der Waals surface area contributed by atoms with E-state index < -0.39 is 0 Å². The summed E-state index contributed by atoms with van der Waals surface area (Å²) in [7, 11) is 0. The lowest BCUT2D eigenvalue weighted by Crippen LogP contribution is -2.40. The number of rotatable bonds is 3. The van der Waals surface area contributed by atoms with Gasteiger partial charge in [0.2, 0.25) is 0 Å². The van der Waals surface area contributed by atoms with Crippen molar-refractivity contribution in [3.05, 3.63) is 0 Å². The van der Waals surface area contributed by atoms with Crippen molar-refractivity contribution in [3.8, 4) is 0 Å². The molecule has 0 aromatic rings. The van der Waals surface area contributed by atoms with Crippen LogP contribution in [0.4, 0.5) is 0 Å². The van der Waals surface area contributed by atoms with Crippen LogP contribution < -0.4 is 5.73 Å². The third kappa shape index (κ3) is 3.99. The van der Waals surface area contributed by atoms with E-state index in [9.17, 15) is 0 Å². The standard InChI is InChI=1S/C11H23N3/c1-5-14(8-9-6-7-9)10(12)13-11(2,3)4/h9H,5-8H2,1-4H3,(H2,12,13). The number of nitrogens with two attached hydrogens (primary N) is 1. The second-order valence-corrected chi connectivity index (χ2v) is 5.12. The first-order chi connectivity index (χ1) is 6.42. The molecule has 0 aromatic carbocycles. The molecule has 1 fully saturated rings. The van der Waals surface area contributed by atoms with E-state index in [0.29, 0.717) is 5.96 Å². The Kier molecular flexibility index (Phi) is 3.40. The molecule has 0 aliphatic heterocycles. The van der Waals surface area contributed by atoms with Crippen molar-refractivity contribution in [2.75, 3.05) is 13.1 Å². The van der Waals surface area contributed by atoms with Crippen LogP contribution in [0.25, 0.3) is 0 Å². The average molecular weight is 197 g/mol. The number of nitrogens with zero attached hydrogens (tertiary/aromatic N) is 2. The Balaban J connectivity index is 2.53. The number of hydrogen-bond donors (Lipinski definition) is 1. The van der Waals surface area contributed by atoms with Crippen molar-refractivity contribution in [2.24, 2.45) is 16.6 Å². The van der Waals surface area contributed by atoms with Gasteiger partial charge in [0.1, 0.15) is 0 Å². The number of guanidine groups is 1. The van der Waals surface area contributed by atoms with Crippen LogP contribution in [0.5, 0.6) is 0 Å². The highest BCUT2D eigenvalue weighted by molar-refractivity contribution is 5.78. The molecule has 2 N–H and O–H groups in total. The molecule has 0 heterocycles. The van der Waals surface area contributed by atoms with Gasteiger partial charge in [-0.15, -0.1) is 0 Å². The van der Waals surface area contributed by atoms with Gasteiger partial charge >= 0.3 is 0 Å². The summed E-state index contributed by atoms with van der Waals surface area (Å²) in [6.07, 6.45) is 2.72. The van der Waals surface area contributed by atoms with E-state index in [1.165, 1.54) is 12.8 Å². The lowest BCUT2D eigenvalue weighted by Gasteiger charge is -2.24. The van der Waals surface area contributed by atoms with Crippen molar-refractivity contribution in [3.63, 3.8) is 0 Å². The molecule has 1 aliphatic rings. The molecule has 1 aliphatic carbocycles. The molecular formula is C11H23N3. The quantitative estimate of drug-likeness (QED) is 0.554. The van der Waals surface area contributed by atoms with Gasteiger partial charge < -0.3 is 10.6 Å². The number of aliphatic imine (C=N–C) groups is 1. The lowest BCUT2D eigenvalue weighted by atomic mass is 10.1. The zero-order valence-corrected chi connectivity index (χ0v) is 9.88. The summed E-state index contributed by atoms with van der Waals surface area (Å²) in [6, 6.07) is 0. The average Bonchev–Trinajstić information content (AvgIpc) is 2.79. The molecule has 14 heavy (non-hydrogen) atoms. The Morgan fingerprint density at radius 3 is 2.36 bits per heavy atom. The molecule has 0 bridgehead atoms. The van der Waals surface area contributed by atoms with E-state index in [0.717, 1.165) is 19.0 Å². The second kappa shape index (κ2) is 4.20. The van der Waals surface area contributed by atoms with Crippen molar-refractivity contribution < 1.29 is 0 Å². The van der Waals surface area contributed by atoms with E-state index in [1.54, 1.807) is 0 Å². The normalized spacial score (nSPS) is 18.4. The predicted molar refractivity (Wildman–Crippen MR) is 61.3 cm³/mol. The zero-order valence-electron chi connectivity index (χ0n) is 9.88. The first kappa shape index (κ1) is 11.3. The Morgan fingerprint density at radius 1 is 1.43 bits per heavy atom. The van der Waals surface area contributed by atoms with Crippen LogP contribution >= 0.6 is 0 Å². The van der Waals surface area contributed by atoms with Gasteiger partial charge in [-0.3, -0.25) is 0 Å². The Morgan fingerprint density at radius 2 is 2.00 bits per heavy atom. The minimum Gasteiger partial charge on any atom is -0.370 e. The smallest absolute Gasteiger partial charge is 0.191 e. The van der Waals surface area contributed by atoms with E-state index in [-0.39, 0.29) is 5.54 Å². The molecule has 1 rings (SSSR count). The molecule has 82 valence electrons. The molecule has 0 spiro atoms. The maximum atomic E-state index is 5.97. The Labute approximate surface area is 87.4 Å². The van der Waals surface area contributed by atoms with Gasteiger partial charge in [-0.1, -0.05) is 0 Å². The van der Waals surface area contributed by atoms with E-state index in [1.807, 2.05) is 0 Å². The van der Waals surface area contributed by atoms with Crippen LogP contribution in [0.1, 0.15) is 40.5 Å². The summed E-state index contributed by atoms with van der Waals surface area (Å²) in [5.74, 6) is 1.57. The topological polar surface area (TPSA) is 41.6 Å². The van der Waals surface area contributed by atoms with E-state index >= 15 is 0 Å². The first-order valence-corrected chi connectivity index (χ1v) is 5.52. The summed E-state index contributed by atoms with van der Waals surface area (Å²) < 4.78 is 0. The first-order valence-electron chi connectivity index (χ1n) is 5.52. The van der Waals surface area contributed by atoms with Gasteiger partial charge in [-0.05, 0) is 46.5 Å². The molecule has 3 heteroatoms. The van der Waals surface area contributed by atoms with Crippen LogP contribution in [-0.4, -0.2) is 29.5 Å². The molecule has 0 aromatic heterocycles. The Bertz CT molecular complexity index is 211. The third-order valence-corrected chi connectivity index (χ3v) is 2.33. The Hall–Kier alpha value is -0.730. The monoisotopic (exact) mass is 197 g/mol. The largest absolute Gasteiger partial charge is 0.370 e. The molecule has 1 saturated carbocycles. The molecule has 0 radical (unpaired) electrons. The molecular weight excluding hydrogens is 174 g/mol. The summed E-state index contributed by atoms with van der Waals surface area (Å²) in [5, 5.41) is 0. The van der Waals surface area contributed by atoms with Gasteiger partial charge in [0.15, 0.2) is 5.96 Å².